The summed E-state index contributed by atoms with van der Waals surface area (Å²) < 4.78 is 0. The van der Waals surface area contributed by atoms with E-state index in [1.165, 1.54) is 16.5 Å². The fourth-order valence-electron chi connectivity index (χ4n) is 3.97. The van der Waals surface area contributed by atoms with Gasteiger partial charge in [0.1, 0.15) is 0 Å². The summed E-state index contributed by atoms with van der Waals surface area (Å²) in [5.74, 6) is 0.537. The topological polar surface area (TPSA) is 59.6 Å². The minimum Gasteiger partial charge on any atom is -0.396 e. The molecule has 2 aromatic rings. The molecule has 4 rings (SSSR count). The Morgan fingerprint density at radius 1 is 1.28 bits per heavy atom. The maximum Gasteiger partial charge on any atom is 0.237 e. The normalized spacial score (nSPS) is 21.7. The molecule has 25 heavy (non-hydrogen) atoms. The van der Waals surface area contributed by atoms with Gasteiger partial charge in [-0.2, -0.15) is 0 Å². The van der Waals surface area contributed by atoms with Crippen LogP contribution in [0.5, 0.6) is 0 Å². The summed E-state index contributed by atoms with van der Waals surface area (Å²) in [5, 5.41) is 10.5. The molecule has 2 N–H and O–H groups in total. The van der Waals surface area contributed by atoms with E-state index in [4.69, 9.17) is 0 Å². The van der Waals surface area contributed by atoms with Crippen LogP contribution in [-0.2, 0) is 4.79 Å². The monoisotopic (exact) mass is 339 g/mol. The maximum atomic E-state index is 12.5. The Morgan fingerprint density at radius 3 is 2.92 bits per heavy atom. The quantitative estimate of drug-likeness (QED) is 0.897. The Labute approximate surface area is 147 Å². The Bertz CT molecular complexity index is 795. The lowest BCUT2D eigenvalue weighted by atomic mass is 9.99. The molecular formula is C20H25N3O2. The predicted octanol–water partition coefficient (Wildman–Crippen LogP) is 2.10. The van der Waals surface area contributed by atoms with Crippen LogP contribution in [0.25, 0.3) is 16.5 Å². The van der Waals surface area contributed by atoms with Gasteiger partial charge in [0.05, 0.1) is 6.54 Å². The third kappa shape index (κ3) is 3.34. The minimum absolute atomic E-state index is 0.202. The van der Waals surface area contributed by atoms with Crippen LogP contribution in [0, 0.1) is 5.92 Å². The van der Waals surface area contributed by atoms with Crippen molar-refractivity contribution in [1.82, 2.24) is 14.8 Å². The number of hydrogen-bond donors (Lipinski definition) is 2. The average molecular weight is 339 g/mol. The first-order valence-electron chi connectivity index (χ1n) is 9.11. The van der Waals surface area contributed by atoms with E-state index in [0.717, 1.165) is 38.0 Å². The molecule has 5 nitrogen and oxygen atoms in total. The highest BCUT2D eigenvalue weighted by Gasteiger charge is 2.26. The number of fused-ring (bicyclic) bond motifs is 1. The SMILES string of the molecule is O=C(CN1CCC(CO)C1)N1CC=C(c2c[nH]c3ccccc23)CC1. The molecule has 5 heteroatoms. The van der Waals surface area contributed by atoms with Crippen molar-refractivity contribution in [3.05, 3.63) is 42.1 Å². The van der Waals surface area contributed by atoms with Gasteiger partial charge in [-0.25, -0.2) is 0 Å². The van der Waals surface area contributed by atoms with Gasteiger partial charge in [0.2, 0.25) is 5.91 Å². The van der Waals surface area contributed by atoms with Gasteiger partial charge in [0.15, 0.2) is 0 Å². The number of H-pyrrole nitrogens is 1. The molecule has 2 aliphatic heterocycles. The summed E-state index contributed by atoms with van der Waals surface area (Å²) in [4.78, 5) is 20.0. The highest BCUT2D eigenvalue weighted by atomic mass is 16.3. The second kappa shape index (κ2) is 7.02. The van der Waals surface area contributed by atoms with Crippen LogP contribution in [0.15, 0.2) is 36.5 Å². The second-order valence-electron chi connectivity index (χ2n) is 7.14. The van der Waals surface area contributed by atoms with Crippen LogP contribution in [0.4, 0.5) is 0 Å². The number of aromatic nitrogens is 1. The molecule has 0 spiro atoms. The highest BCUT2D eigenvalue weighted by molar-refractivity contribution is 5.93. The molecule has 0 aliphatic carbocycles. The summed E-state index contributed by atoms with van der Waals surface area (Å²) in [5.41, 5.74) is 3.74. The molecule has 0 saturated carbocycles. The van der Waals surface area contributed by atoms with Crippen molar-refractivity contribution in [3.63, 3.8) is 0 Å². The first-order chi connectivity index (χ1) is 12.2. The molecular weight excluding hydrogens is 314 g/mol. The van der Waals surface area contributed by atoms with E-state index < -0.39 is 0 Å². The number of carbonyl (C=O) groups is 1. The third-order valence-electron chi connectivity index (χ3n) is 5.48. The molecule has 1 unspecified atom stereocenters. The van der Waals surface area contributed by atoms with Gasteiger partial charge in [-0.15, -0.1) is 0 Å². The van der Waals surface area contributed by atoms with Crippen LogP contribution in [0.1, 0.15) is 18.4 Å². The number of amides is 1. The van der Waals surface area contributed by atoms with Gasteiger partial charge < -0.3 is 15.0 Å². The third-order valence-corrected chi connectivity index (χ3v) is 5.48. The molecule has 0 bridgehead atoms. The smallest absolute Gasteiger partial charge is 0.237 e. The Kier molecular flexibility index (Phi) is 4.59. The molecule has 1 aromatic carbocycles. The predicted molar refractivity (Wildman–Crippen MR) is 99.1 cm³/mol. The van der Waals surface area contributed by atoms with E-state index in [1.54, 1.807) is 0 Å². The highest BCUT2D eigenvalue weighted by Crippen LogP contribution is 2.29. The van der Waals surface area contributed by atoms with Gasteiger partial charge in [0.25, 0.3) is 0 Å². The van der Waals surface area contributed by atoms with Gasteiger partial charge >= 0.3 is 0 Å². The van der Waals surface area contributed by atoms with Crippen molar-refractivity contribution < 1.29 is 9.90 Å². The first kappa shape index (κ1) is 16.4. The second-order valence-corrected chi connectivity index (χ2v) is 7.14. The van der Waals surface area contributed by atoms with Gasteiger partial charge in [0, 0.05) is 48.9 Å². The summed E-state index contributed by atoms with van der Waals surface area (Å²) in [6.07, 6.45) is 6.16. The van der Waals surface area contributed by atoms with Crippen molar-refractivity contribution >= 4 is 22.4 Å². The van der Waals surface area contributed by atoms with Crippen molar-refractivity contribution in [1.29, 1.82) is 0 Å². The number of aromatic amines is 1. The molecule has 2 aliphatic rings. The van der Waals surface area contributed by atoms with E-state index in [1.807, 2.05) is 11.0 Å². The van der Waals surface area contributed by atoms with E-state index >= 15 is 0 Å². The first-order valence-corrected chi connectivity index (χ1v) is 9.11. The zero-order chi connectivity index (χ0) is 17.2. The zero-order valence-electron chi connectivity index (χ0n) is 14.4. The fourth-order valence-corrected chi connectivity index (χ4v) is 3.97. The summed E-state index contributed by atoms with van der Waals surface area (Å²) in [6, 6.07) is 8.34. The summed E-state index contributed by atoms with van der Waals surface area (Å²) >= 11 is 0. The van der Waals surface area contributed by atoms with Crippen molar-refractivity contribution in [3.8, 4) is 0 Å². The summed E-state index contributed by atoms with van der Waals surface area (Å²) in [6.45, 7) is 3.93. The van der Waals surface area contributed by atoms with Crippen LogP contribution < -0.4 is 0 Å². The van der Waals surface area contributed by atoms with Crippen molar-refractivity contribution in [2.75, 3.05) is 39.3 Å². The lowest BCUT2D eigenvalue weighted by Crippen LogP contribution is -2.41. The minimum atomic E-state index is 0.202. The van der Waals surface area contributed by atoms with Crippen molar-refractivity contribution in [2.45, 2.75) is 12.8 Å². The molecule has 1 fully saturated rings. The molecule has 1 saturated heterocycles. The Balaban J connectivity index is 1.39. The molecule has 3 heterocycles. The number of likely N-dealkylation sites (tertiary alicyclic amines) is 1. The maximum absolute atomic E-state index is 12.5. The number of nitrogens with zero attached hydrogens (tertiary/aromatic N) is 2. The molecule has 0 radical (unpaired) electrons. The van der Waals surface area contributed by atoms with Crippen LogP contribution >= 0.6 is 0 Å². The molecule has 1 atom stereocenters. The van der Waals surface area contributed by atoms with Crippen LogP contribution in [0.2, 0.25) is 0 Å². The number of nitrogens with one attached hydrogen (secondary N) is 1. The number of aliphatic hydroxyl groups excluding tert-OH is 1. The molecule has 132 valence electrons. The largest absolute Gasteiger partial charge is 0.396 e. The van der Waals surface area contributed by atoms with E-state index in [2.05, 4.69) is 40.4 Å². The molecule has 1 amide bonds. The van der Waals surface area contributed by atoms with E-state index in [9.17, 15) is 9.90 Å². The number of carbonyl (C=O) groups excluding carboxylic acids is 1. The fraction of sp³-hybridized carbons (Fsp3) is 0.450. The zero-order valence-corrected chi connectivity index (χ0v) is 14.4. The standard InChI is InChI=1S/C20H25N3O2/c24-14-15-5-8-22(12-15)13-20(25)23-9-6-16(7-10-23)18-11-21-19-4-2-1-3-17(18)19/h1-4,6,11,15,21,24H,5,7-10,12-14H2. The summed E-state index contributed by atoms with van der Waals surface area (Å²) in [7, 11) is 0. The average Bonchev–Trinajstić information content (AvgIpc) is 3.28. The number of rotatable bonds is 4. The van der Waals surface area contributed by atoms with Crippen LogP contribution in [-0.4, -0.2) is 65.1 Å². The molecule has 1 aromatic heterocycles. The van der Waals surface area contributed by atoms with Gasteiger partial charge in [-0.3, -0.25) is 9.69 Å². The van der Waals surface area contributed by atoms with Gasteiger partial charge in [-0.1, -0.05) is 24.3 Å². The van der Waals surface area contributed by atoms with E-state index in [-0.39, 0.29) is 12.5 Å². The number of hydrogen-bond acceptors (Lipinski definition) is 3. The van der Waals surface area contributed by atoms with Crippen LogP contribution in [0.3, 0.4) is 0 Å². The van der Waals surface area contributed by atoms with Gasteiger partial charge in [-0.05, 0) is 36.9 Å². The lowest BCUT2D eigenvalue weighted by Gasteiger charge is -2.28. The Morgan fingerprint density at radius 2 is 2.16 bits per heavy atom. The van der Waals surface area contributed by atoms with E-state index in [0.29, 0.717) is 19.0 Å². The lowest BCUT2D eigenvalue weighted by molar-refractivity contribution is -0.131. The Hall–Kier alpha value is -2.11. The number of para-hydroxylation sites is 1. The number of benzene rings is 1. The van der Waals surface area contributed by atoms with Crippen molar-refractivity contribution in [2.24, 2.45) is 5.92 Å². The number of aliphatic hydroxyl groups is 1.